The number of benzene rings is 10. The van der Waals surface area contributed by atoms with E-state index in [1.165, 1.54) is 77.2 Å². The Labute approximate surface area is 411 Å². The highest BCUT2D eigenvalue weighted by Gasteiger charge is 2.35. The molecule has 10 aromatic rings. The molecule has 12 rings (SSSR count). The highest BCUT2D eigenvalue weighted by molar-refractivity contribution is 6.09. The number of nitrogens with zero attached hydrogens (tertiary/aromatic N) is 4. The SMILES string of the molecule is C(=N[C@H](c1ccccc1)[C@@H](c1ccccc1)N1Cc2ccccc2C1)c1cc(-c2cc(C=N[C@H](c3ccccc3)[C@@H](c3ccccc3)N3Cc4ccccc4C3)cc3ccccc23)c2ccccc2c1. The van der Waals surface area contributed by atoms with Crippen LogP contribution in [0, 0.1) is 0 Å². The Morgan fingerprint density at radius 2 is 0.614 bits per heavy atom. The van der Waals surface area contributed by atoms with E-state index in [0.717, 1.165) is 37.3 Å². The van der Waals surface area contributed by atoms with E-state index in [1.54, 1.807) is 0 Å². The summed E-state index contributed by atoms with van der Waals surface area (Å²) in [5.41, 5.74) is 15.0. The molecule has 0 fully saturated rings. The normalized spacial score (nSPS) is 15.6. The van der Waals surface area contributed by atoms with Gasteiger partial charge in [0.25, 0.3) is 0 Å². The van der Waals surface area contributed by atoms with Gasteiger partial charge in [-0.3, -0.25) is 19.8 Å². The van der Waals surface area contributed by atoms with Crippen molar-refractivity contribution in [2.24, 2.45) is 9.98 Å². The van der Waals surface area contributed by atoms with Gasteiger partial charge in [0.2, 0.25) is 0 Å². The summed E-state index contributed by atoms with van der Waals surface area (Å²) in [4.78, 5) is 16.5. The van der Waals surface area contributed by atoms with E-state index in [2.05, 4.69) is 265 Å². The fraction of sp³-hybridized carbons (Fsp3) is 0.121. The standard InChI is InChI=1S/C66H54N4/c1-5-21-49(22-6-1)63(65(51-25-9-3-10-26-51)69-43-55-31-13-14-32-56(55)44-69)67-41-47-37-53-29-17-19-35-59(53)61(39-47)62-40-48(38-54-30-18-20-36-60(54)62)42-68-64(50-23-7-2-8-24-50)66(52-27-11-4-12-28-52)70-45-57-33-15-16-34-58(57)46-70/h1-42,63-66H,43-46H2/t63-,64-,65-,66-/m1/s1. The van der Waals surface area contributed by atoms with Gasteiger partial charge in [0.05, 0.1) is 24.2 Å². The van der Waals surface area contributed by atoms with Crippen molar-refractivity contribution in [1.29, 1.82) is 0 Å². The first-order valence-electron chi connectivity index (χ1n) is 24.6. The highest BCUT2D eigenvalue weighted by Crippen LogP contribution is 2.44. The fourth-order valence-corrected chi connectivity index (χ4v) is 11.2. The van der Waals surface area contributed by atoms with Crippen molar-refractivity contribution in [2.75, 3.05) is 0 Å². The monoisotopic (exact) mass is 902 g/mol. The smallest absolute Gasteiger partial charge is 0.0946 e. The van der Waals surface area contributed by atoms with E-state index in [9.17, 15) is 0 Å². The van der Waals surface area contributed by atoms with Crippen molar-refractivity contribution < 1.29 is 0 Å². The molecule has 2 aliphatic heterocycles. The van der Waals surface area contributed by atoms with Gasteiger partial charge in [-0.2, -0.15) is 0 Å². The van der Waals surface area contributed by atoms with Crippen LogP contribution in [0.2, 0.25) is 0 Å². The average molecular weight is 903 g/mol. The van der Waals surface area contributed by atoms with Gasteiger partial charge in [-0.25, -0.2) is 0 Å². The molecule has 0 saturated carbocycles. The van der Waals surface area contributed by atoms with Crippen molar-refractivity contribution in [3.63, 3.8) is 0 Å². The molecule has 70 heavy (non-hydrogen) atoms. The zero-order valence-electron chi connectivity index (χ0n) is 39.2. The Hall–Kier alpha value is -8.02. The van der Waals surface area contributed by atoms with Crippen molar-refractivity contribution in [3.05, 3.63) is 298 Å². The van der Waals surface area contributed by atoms with Crippen LogP contribution in [-0.4, -0.2) is 22.2 Å². The van der Waals surface area contributed by atoms with Crippen LogP contribution in [0.1, 0.15) is 79.8 Å². The predicted molar refractivity (Wildman–Crippen MR) is 290 cm³/mol. The maximum absolute atomic E-state index is 5.64. The second kappa shape index (κ2) is 19.5. The Balaban J connectivity index is 0.960. The Morgan fingerprint density at radius 1 is 0.314 bits per heavy atom. The van der Waals surface area contributed by atoms with E-state index in [4.69, 9.17) is 9.98 Å². The third-order valence-corrected chi connectivity index (χ3v) is 14.5. The number of fused-ring (bicyclic) bond motifs is 4. The van der Waals surface area contributed by atoms with Crippen LogP contribution in [0.25, 0.3) is 32.7 Å². The molecule has 0 N–H and O–H groups in total. The van der Waals surface area contributed by atoms with Crippen LogP contribution in [0.3, 0.4) is 0 Å². The Bertz CT molecular complexity index is 3190. The minimum atomic E-state index is -0.153. The summed E-state index contributed by atoms with van der Waals surface area (Å²) in [5.74, 6) is 0. The highest BCUT2D eigenvalue weighted by atomic mass is 15.2. The van der Waals surface area contributed by atoms with Gasteiger partial charge in [-0.15, -0.1) is 0 Å². The second-order valence-corrected chi connectivity index (χ2v) is 18.9. The van der Waals surface area contributed by atoms with E-state index < -0.39 is 0 Å². The van der Waals surface area contributed by atoms with Crippen LogP contribution >= 0.6 is 0 Å². The molecule has 4 atom stereocenters. The Morgan fingerprint density at radius 3 is 0.971 bits per heavy atom. The topological polar surface area (TPSA) is 31.2 Å². The lowest BCUT2D eigenvalue weighted by atomic mass is 9.90. The third-order valence-electron chi connectivity index (χ3n) is 14.5. The molecule has 10 aromatic carbocycles. The largest absolute Gasteiger partial charge is 0.285 e. The summed E-state index contributed by atoms with van der Waals surface area (Å²) in [6.07, 6.45) is 4.26. The number of aliphatic imine (C=N–C) groups is 2. The van der Waals surface area contributed by atoms with E-state index in [-0.39, 0.29) is 24.2 Å². The van der Waals surface area contributed by atoms with Crippen LogP contribution in [0.15, 0.2) is 253 Å². The first-order valence-corrected chi connectivity index (χ1v) is 24.6. The van der Waals surface area contributed by atoms with E-state index in [1.807, 2.05) is 0 Å². The Kier molecular flexibility index (Phi) is 12.1. The van der Waals surface area contributed by atoms with Gasteiger partial charge >= 0.3 is 0 Å². The van der Waals surface area contributed by atoms with Gasteiger partial charge < -0.3 is 0 Å². The van der Waals surface area contributed by atoms with E-state index >= 15 is 0 Å². The van der Waals surface area contributed by atoms with Crippen molar-refractivity contribution in [2.45, 2.75) is 50.3 Å². The maximum Gasteiger partial charge on any atom is 0.0946 e. The van der Waals surface area contributed by atoms with Crippen LogP contribution < -0.4 is 0 Å². The molecule has 0 bridgehead atoms. The second-order valence-electron chi connectivity index (χ2n) is 18.9. The minimum Gasteiger partial charge on any atom is -0.285 e. The molecule has 0 radical (unpaired) electrons. The zero-order valence-corrected chi connectivity index (χ0v) is 39.2. The lowest BCUT2D eigenvalue weighted by Crippen LogP contribution is -2.28. The lowest BCUT2D eigenvalue weighted by Gasteiger charge is -2.33. The molecule has 338 valence electrons. The van der Waals surface area contributed by atoms with Crippen molar-refractivity contribution in [1.82, 2.24) is 9.80 Å². The van der Waals surface area contributed by atoms with Crippen LogP contribution in [0.4, 0.5) is 0 Å². The summed E-state index contributed by atoms with van der Waals surface area (Å²) in [6.45, 7) is 3.53. The summed E-state index contributed by atoms with van der Waals surface area (Å²) < 4.78 is 0. The minimum absolute atomic E-state index is 0.0223. The molecule has 0 spiro atoms. The molecule has 2 heterocycles. The van der Waals surface area contributed by atoms with Gasteiger partial charge in [0.15, 0.2) is 0 Å². The molecule has 0 unspecified atom stereocenters. The van der Waals surface area contributed by atoms with E-state index in [0.29, 0.717) is 0 Å². The summed E-state index contributed by atoms with van der Waals surface area (Å²) in [6, 6.07) is 88.0. The van der Waals surface area contributed by atoms with Gasteiger partial charge in [0.1, 0.15) is 0 Å². The first kappa shape index (κ1) is 43.3. The van der Waals surface area contributed by atoms with Crippen LogP contribution in [-0.2, 0) is 26.2 Å². The molecule has 4 nitrogen and oxygen atoms in total. The molecule has 0 aromatic heterocycles. The van der Waals surface area contributed by atoms with Crippen molar-refractivity contribution >= 4 is 34.0 Å². The van der Waals surface area contributed by atoms with Crippen molar-refractivity contribution in [3.8, 4) is 11.1 Å². The number of rotatable bonds is 13. The van der Waals surface area contributed by atoms with Crippen LogP contribution in [0.5, 0.6) is 0 Å². The molecule has 0 saturated heterocycles. The molecule has 0 aliphatic carbocycles. The molecule has 2 aliphatic rings. The zero-order chi connectivity index (χ0) is 46.6. The first-order chi connectivity index (χ1) is 34.7. The number of hydrogen-bond donors (Lipinski definition) is 0. The summed E-state index contributed by atoms with van der Waals surface area (Å²) >= 11 is 0. The van der Waals surface area contributed by atoms with Gasteiger partial charge in [-0.05, 0) is 113 Å². The molecule has 0 amide bonds. The lowest BCUT2D eigenvalue weighted by molar-refractivity contribution is 0.174. The third kappa shape index (κ3) is 8.80. The number of hydrogen-bond acceptors (Lipinski definition) is 4. The van der Waals surface area contributed by atoms with Gasteiger partial charge in [0, 0.05) is 38.6 Å². The van der Waals surface area contributed by atoms with Gasteiger partial charge in [-0.1, -0.05) is 218 Å². The fourth-order valence-electron chi connectivity index (χ4n) is 11.2. The molecular weight excluding hydrogens is 849 g/mol. The predicted octanol–water partition coefficient (Wildman–Crippen LogP) is 15.5. The molecular formula is C66H54N4. The summed E-state index contributed by atoms with van der Waals surface area (Å²) in [7, 11) is 0. The summed E-state index contributed by atoms with van der Waals surface area (Å²) in [5, 5.41) is 4.76. The quantitative estimate of drug-likeness (QED) is 0.108. The molecule has 4 heteroatoms. The average Bonchev–Trinajstić information content (AvgIpc) is 4.06. The maximum atomic E-state index is 5.64.